The Kier molecular flexibility index (Phi) is 6.19. The Morgan fingerprint density at radius 3 is 2.89 bits per heavy atom. The first-order chi connectivity index (χ1) is 18.0. The standard InChI is InChI=1S/C27H28ClN7O2/c1-33(2)15-19-16-34(9-10-37-19)18-3-6-24(29-12-18)32-22-5-4-20(21-13-31-27(36)26(21)22)23-14-30-25-11-17(28)7-8-35(23)25/h3-8,11-12,14,19H,9-10,13,15-16H2,1-2H3,(H,29,32)(H,31,36)/t19-/m1/s1. The first kappa shape index (κ1) is 23.7. The lowest BCUT2D eigenvalue weighted by molar-refractivity contribution is 0.0247. The third-order valence-corrected chi connectivity index (χ3v) is 7.04. The average molecular weight is 518 g/mol. The third-order valence-electron chi connectivity index (χ3n) is 6.80. The minimum absolute atomic E-state index is 0.104. The highest BCUT2D eigenvalue weighted by molar-refractivity contribution is 6.30. The van der Waals surface area contributed by atoms with Crippen molar-refractivity contribution < 1.29 is 9.53 Å². The Hall–Kier alpha value is -3.66. The van der Waals surface area contributed by atoms with Crippen LogP contribution in [0.1, 0.15) is 15.9 Å². The van der Waals surface area contributed by atoms with Crippen molar-refractivity contribution in [3.63, 3.8) is 0 Å². The van der Waals surface area contributed by atoms with E-state index in [1.54, 1.807) is 0 Å². The van der Waals surface area contributed by atoms with Gasteiger partial charge in [-0.3, -0.25) is 9.20 Å². The van der Waals surface area contributed by atoms with Crippen LogP contribution in [0.2, 0.25) is 5.02 Å². The zero-order chi connectivity index (χ0) is 25.5. The molecule has 0 spiro atoms. The zero-order valence-electron chi connectivity index (χ0n) is 20.7. The predicted molar refractivity (Wildman–Crippen MR) is 145 cm³/mol. The van der Waals surface area contributed by atoms with Crippen molar-refractivity contribution in [3.05, 3.63) is 71.1 Å². The van der Waals surface area contributed by atoms with Gasteiger partial charge in [-0.25, -0.2) is 9.97 Å². The van der Waals surface area contributed by atoms with E-state index in [4.69, 9.17) is 16.3 Å². The van der Waals surface area contributed by atoms with E-state index < -0.39 is 0 Å². The van der Waals surface area contributed by atoms with Gasteiger partial charge in [0.15, 0.2) is 0 Å². The number of halogens is 1. The summed E-state index contributed by atoms with van der Waals surface area (Å²) >= 11 is 6.13. The highest BCUT2D eigenvalue weighted by atomic mass is 35.5. The molecule has 5 heterocycles. The second kappa shape index (κ2) is 9.66. The molecule has 10 heteroatoms. The van der Waals surface area contributed by atoms with E-state index in [1.165, 1.54) is 0 Å². The number of fused-ring (bicyclic) bond motifs is 2. The number of nitrogens with zero attached hydrogens (tertiary/aromatic N) is 5. The molecule has 6 rings (SSSR count). The number of anilines is 3. The summed E-state index contributed by atoms with van der Waals surface area (Å²) in [5.41, 5.74) is 5.97. The average Bonchev–Trinajstić information content (AvgIpc) is 3.48. The minimum Gasteiger partial charge on any atom is -0.373 e. The molecule has 1 atom stereocenters. The third kappa shape index (κ3) is 4.61. The number of morpholine rings is 1. The Bertz CT molecular complexity index is 1470. The van der Waals surface area contributed by atoms with E-state index in [0.717, 1.165) is 53.5 Å². The molecule has 2 aliphatic rings. The first-order valence-electron chi connectivity index (χ1n) is 12.3. The van der Waals surface area contributed by atoms with Crippen molar-refractivity contribution in [2.24, 2.45) is 0 Å². The molecule has 1 fully saturated rings. The fraction of sp³-hybridized carbons (Fsp3) is 0.296. The highest BCUT2D eigenvalue weighted by Gasteiger charge is 2.27. The number of amides is 1. The van der Waals surface area contributed by atoms with E-state index in [-0.39, 0.29) is 12.0 Å². The summed E-state index contributed by atoms with van der Waals surface area (Å²) in [6.07, 6.45) is 5.75. The largest absolute Gasteiger partial charge is 0.373 e. The van der Waals surface area contributed by atoms with Gasteiger partial charge in [0.1, 0.15) is 11.5 Å². The smallest absolute Gasteiger partial charge is 0.254 e. The molecule has 0 bridgehead atoms. The minimum atomic E-state index is -0.104. The van der Waals surface area contributed by atoms with Crippen LogP contribution in [0.4, 0.5) is 17.2 Å². The first-order valence-corrected chi connectivity index (χ1v) is 12.7. The lowest BCUT2D eigenvalue weighted by atomic mass is 9.99. The molecule has 9 nitrogen and oxygen atoms in total. The normalized spacial score (nSPS) is 17.4. The van der Waals surface area contributed by atoms with Gasteiger partial charge >= 0.3 is 0 Å². The van der Waals surface area contributed by atoms with Gasteiger partial charge in [-0.2, -0.15) is 0 Å². The highest BCUT2D eigenvalue weighted by Crippen LogP contribution is 2.35. The molecule has 1 amide bonds. The molecule has 3 aromatic heterocycles. The Balaban J connectivity index is 1.25. The van der Waals surface area contributed by atoms with Gasteiger partial charge in [0.05, 0.1) is 47.7 Å². The molecule has 1 saturated heterocycles. The maximum absolute atomic E-state index is 12.8. The van der Waals surface area contributed by atoms with E-state index in [2.05, 4.69) is 50.6 Å². The number of benzene rings is 1. The summed E-state index contributed by atoms with van der Waals surface area (Å²) in [7, 11) is 4.11. The molecule has 2 N–H and O–H groups in total. The number of imidazole rings is 1. The number of likely N-dealkylation sites (N-methyl/N-ethyl adjacent to an activating group) is 1. The van der Waals surface area contributed by atoms with Crippen LogP contribution in [0, 0.1) is 0 Å². The molecule has 0 aliphatic carbocycles. The van der Waals surface area contributed by atoms with Gasteiger partial charge < -0.3 is 25.2 Å². The SMILES string of the molecule is CN(C)C[C@@H]1CN(c2ccc(Nc3ccc(-c4cnc5cc(Cl)ccn45)c4c3C(=O)NC4)nc2)CCO1. The maximum Gasteiger partial charge on any atom is 0.254 e. The predicted octanol–water partition coefficient (Wildman–Crippen LogP) is 3.80. The zero-order valence-corrected chi connectivity index (χ0v) is 21.5. The topological polar surface area (TPSA) is 87.0 Å². The summed E-state index contributed by atoms with van der Waals surface area (Å²) in [5, 5.41) is 6.95. The van der Waals surface area contributed by atoms with E-state index >= 15 is 0 Å². The fourth-order valence-electron chi connectivity index (χ4n) is 5.10. The number of carbonyl (C=O) groups is 1. The lowest BCUT2D eigenvalue weighted by Gasteiger charge is -2.35. The van der Waals surface area contributed by atoms with Crippen molar-refractivity contribution in [1.29, 1.82) is 0 Å². The summed E-state index contributed by atoms with van der Waals surface area (Å²) in [6.45, 7) is 3.71. The van der Waals surface area contributed by atoms with Crippen LogP contribution in [-0.2, 0) is 11.3 Å². The van der Waals surface area contributed by atoms with Crippen molar-refractivity contribution in [3.8, 4) is 11.3 Å². The van der Waals surface area contributed by atoms with Crippen LogP contribution in [0.5, 0.6) is 0 Å². The van der Waals surface area contributed by atoms with Crippen molar-refractivity contribution in [1.82, 2.24) is 24.6 Å². The molecule has 0 radical (unpaired) electrons. The Morgan fingerprint density at radius 2 is 2.08 bits per heavy atom. The van der Waals surface area contributed by atoms with E-state index in [9.17, 15) is 4.79 Å². The van der Waals surface area contributed by atoms with Gasteiger partial charge in [0, 0.05) is 49.0 Å². The number of pyridine rings is 2. The van der Waals surface area contributed by atoms with Gasteiger partial charge in [0.25, 0.3) is 5.91 Å². The lowest BCUT2D eigenvalue weighted by Crippen LogP contribution is -2.46. The van der Waals surface area contributed by atoms with Crippen LogP contribution in [0.15, 0.2) is 55.0 Å². The van der Waals surface area contributed by atoms with Crippen LogP contribution >= 0.6 is 11.6 Å². The number of carbonyl (C=O) groups excluding carboxylic acids is 1. The fourth-order valence-corrected chi connectivity index (χ4v) is 5.26. The Labute approximate surface area is 220 Å². The Morgan fingerprint density at radius 1 is 1.19 bits per heavy atom. The molecule has 2 aliphatic heterocycles. The van der Waals surface area contributed by atoms with Crippen LogP contribution in [0.25, 0.3) is 16.9 Å². The molecule has 4 aromatic rings. The van der Waals surface area contributed by atoms with E-state index in [0.29, 0.717) is 29.6 Å². The van der Waals surface area contributed by atoms with Gasteiger partial charge in [-0.15, -0.1) is 0 Å². The van der Waals surface area contributed by atoms with Gasteiger partial charge in [0.2, 0.25) is 0 Å². The number of aromatic nitrogens is 3. The summed E-state index contributed by atoms with van der Waals surface area (Å²) in [6, 6.07) is 11.6. The van der Waals surface area contributed by atoms with E-state index in [1.807, 2.05) is 53.3 Å². The molecule has 190 valence electrons. The molecule has 0 saturated carbocycles. The van der Waals surface area contributed by atoms with Crippen LogP contribution in [-0.4, -0.2) is 71.6 Å². The number of nitrogens with one attached hydrogen (secondary N) is 2. The van der Waals surface area contributed by atoms with Gasteiger partial charge in [-0.05, 0) is 43.9 Å². The molecular formula is C27H28ClN7O2. The second-order valence-corrected chi connectivity index (χ2v) is 10.1. The van der Waals surface area contributed by atoms with Crippen molar-refractivity contribution in [2.75, 3.05) is 50.6 Å². The molecule has 37 heavy (non-hydrogen) atoms. The maximum atomic E-state index is 12.8. The number of hydrogen-bond acceptors (Lipinski definition) is 7. The van der Waals surface area contributed by atoms with Crippen LogP contribution < -0.4 is 15.5 Å². The number of ether oxygens (including phenoxy) is 1. The summed E-state index contributed by atoms with van der Waals surface area (Å²) < 4.78 is 7.87. The van der Waals surface area contributed by atoms with Crippen molar-refractivity contribution in [2.45, 2.75) is 12.6 Å². The molecule has 0 unspecified atom stereocenters. The number of hydrogen-bond donors (Lipinski definition) is 2. The van der Waals surface area contributed by atoms with Crippen LogP contribution in [0.3, 0.4) is 0 Å². The summed E-state index contributed by atoms with van der Waals surface area (Å²) in [4.78, 5) is 26.4. The molecule has 1 aromatic carbocycles. The monoisotopic (exact) mass is 517 g/mol. The molecular weight excluding hydrogens is 490 g/mol. The van der Waals surface area contributed by atoms with Gasteiger partial charge in [-0.1, -0.05) is 17.7 Å². The van der Waals surface area contributed by atoms with Crippen molar-refractivity contribution >= 4 is 40.3 Å². The quantitative estimate of drug-likeness (QED) is 0.402. The summed E-state index contributed by atoms with van der Waals surface area (Å²) in [5.74, 6) is 0.578. The number of rotatable bonds is 6. The second-order valence-electron chi connectivity index (χ2n) is 9.64.